The van der Waals surface area contributed by atoms with Gasteiger partial charge in [-0.15, -0.1) is 5.10 Å². The Bertz CT molecular complexity index is 983. The average Bonchev–Trinajstić information content (AvgIpc) is 3.33. The van der Waals surface area contributed by atoms with Gasteiger partial charge in [-0.3, -0.25) is 4.99 Å². The molecular weight excluding hydrogens is 352 g/mol. The fraction of sp³-hybridized carbons (Fsp3) is 0.211. The molecule has 1 aromatic heterocycles. The lowest BCUT2D eigenvalue weighted by molar-refractivity contribution is 0.413. The van der Waals surface area contributed by atoms with Gasteiger partial charge in [0.25, 0.3) is 0 Å². The van der Waals surface area contributed by atoms with Gasteiger partial charge in [0.2, 0.25) is 5.89 Å². The molecular formula is C19H17ClN4O2. The standard InChI is InChI=1S/C19H17ClN4O2/c1-11(12-4-3-5-14(8-12)25-2)18-23-24-19(26-18)22-16-7-6-13-9-21-10-15(13)17(16)20/h3-8,10-11H,9H2,1-2H3,(H,22,24). The highest BCUT2D eigenvalue weighted by Crippen LogP contribution is 2.33. The summed E-state index contributed by atoms with van der Waals surface area (Å²) in [5, 5.41) is 11.9. The van der Waals surface area contributed by atoms with Gasteiger partial charge >= 0.3 is 6.01 Å². The van der Waals surface area contributed by atoms with Crippen LogP contribution < -0.4 is 10.1 Å². The number of benzene rings is 2. The van der Waals surface area contributed by atoms with Crippen molar-refractivity contribution in [2.75, 3.05) is 12.4 Å². The summed E-state index contributed by atoms with van der Waals surface area (Å²) in [5.74, 6) is 1.24. The minimum atomic E-state index is -0.0595. The zero-order valence-corrected chi connectivity index (χ0v) is 15.1. The molecule has 0 amide bonds. The molecule has 2 aromatic carbocycles. The average molecular weight is 369 g/mol. The maximum atomic E-state index is 6.45. The Morgan fingerprint density at radius 1 is 1.23 bits per heavy atom. The van der Waals surface area contributed by atoms with Crippen LogP contribution in [0.4, 0.5) is 11.7 Å². The highest BCUT2D eigenvalue weighted by molar-refractivity contribution is 6.36. The number of anilines is 2. The first-order valence-corrected chi connectivity index (χ1v) is 8.59. The fourth-order valence-electron chi connectivity index (χ4n) is 2.87. The topological polar surface area (TPSA) is 72.5 Å². The zero-order chi connectivity index (χ0) is 18.1. The molecule has 1 aliphatic rings. The van der Waals surface area contributed by atoms with E-state index in [9.17, 15) is 0 Å². The number of hydrogen-bond acceptors (Lipinski definition) is 6. The van der Waals surface area contributed by atoms with Crippen molar-refractivity contribution < 1.29 is 9.15 Å². The van der Waals surface area contributed by atoms with E-state index >= 15 is 0 Å². The van der Waals surface area contributed by atoms with Crippen molar-refractivity contribution in [3.8, 4) is 5.75 Å². The van der Waals surface area contributed by atoms with Gasteiger partial charge in [0, 0.05) is 11.8 Å². The highest BCUT2D eigenvalue weighted by Gasteiger charge is 2.19. The first-order chi connectivity index (χ1) is 12.7. The number of aliphatic imine (C=N–C) groups is 1. The van der Waals surface area contributed by atoms with Crippen molar-refractivity contribution in [1.29, 1.82) is 0 Å². The molecule has 0 spiro atoms. The zero-order valence-electron chi connectivity index (χ0n) is 14.4. The normalized spacial score (nSPS) is 13.5. The summed E-state index contributed by atoms with van der Waals surface area (Å²) < 4.78 is 11.1. The quantitative estimate of drug-likeness (QED) is 0.714. The first kappa shape index (κ1) is 16.6. The van der Waals surface area contributed by atoms with Crippen LogP contribution in [0.1, 0.15) is 35.4 Å². The number of rotatable bonds is 5. The molecule has 0 bridgehead atoms. The van der Waals surface area contributed by atoms with E-state index in [1.54, 1.807) is 13.3 Å². The molecule has 7 heteroatoms. The monoisotopic (exact) mass is 368 g/mol. The molecule has 3 aromatic rings. The SMILES string of the molecule is COc1cccc(C(C)c2nnc(Nc3ccc4c(c3Cl)C=NC4)o2)c1. The van der Waals surface area contributed by atoms with Crippen molar-refractivity contribution in [2.24, 2.45) is 4.99 Å². The Labute approximate surface area is 155 Å². The van der Waals surface area contributed by atoms with Gasteiger partial charge in [-0.25, -0.2) is 0 Å². The molecule has 132 valence electrons. The Balaban J connectivity index is 1.56. The number of ether oxygens (including phenoxy) is 1. The van der Waals surface area contributed by atoms with E-state index in [0.29, 0.717) is 29.2 Å². The second kappa shape index (κ2) is 6.80. The number of methoxy groups -OCH3 is 1. The Morgan fingerprint density at radius 3 is 2.96 bits per heavy atom. The first-order valence-electron chi connectivity index (χ1n) is 8.21. The minimum Gasteiger partial charge on any atom is -0.497 e. The van der Waals surface area contributed by atoms with Crippen LogP contribution >= 0.6 is 11.6 Å². The summed E-state index contributed by atoms with van der Waals surface area (Å²) in [5.41, 5.74) is 3.79. The fourth-order valence-corrected chi connectivity index (χ4v) is 3.15. The summed E-state index contributed by atoms with van der Waals surface area (Å²) in [6.07, 6.45) is 1.78. The number of nitrogens with zero attached hydrogens (tertiary/aromatic N) is 3. The van der Waals surface area contributed by atoms with Crippen molar-refractivity contribution >= 4 is 29.5 Å². The highest BCUT2D eigenvalue weighted by atomic mass is 35.5. The molecule has 0 radical (unpaired) electrons. The predicted octanol–water partition coefficient (Wildman–Crippen LogP) is 4.56. The molecule has 0 fully saturated rings. The summed E-state index contributed by atoms with van der Waals surface area (Å²) >= 11 is 6.45. The van der Waals surface area contributed by atoms with Gasteiger partial charge in [-0.05, 0) is 36.2 Å². The molecule has 1 atom stereocenters. The van der Waals surface area contributed by atoms with E-state index in [1.165, 1.54) is 0 Å². The van der Waals surface area contributed by atoms with Crippen LogP contribution in [0, 0.1) is 0 Å². The lowest BCUT2D eigenvalue weighted by Crippen LogP contribution is -1.97. The number of halogens is 1. The molecule has 4 rings (SSSR count). The summed E-state index contributed by atoms with van der Waals surface area (Å²) in [6, 6.07) is 12.0. The van der Waals surface area contributed by atoms with Crippen LogP contribution in [0.25, 0.3) is 0 Å². The van der Waals surface area contributed by atoms with Crippen LogP contribution in [0.15, 0.2) is 45.8 Å². The van der Waals surface area contributed by atoms with E-state index in [2.05, 4.69) is 20.5 Å². The van der Waals surface area contributed by atoms with E-state index in [-0.39, 0.29) is 5.92 Å². The predicted molar refractivity (Wildman–Crippen MR) is 101 cm³/mol. The van der Waals surface area contributed by atoms with E-state index < -0.39 is 0 Å². The molecule has 26 heavy (non-hydrogen) atoms. The van der Waals surface area contributed by atoms with Crippen LogP contribution in [0.5, 0.6) is 5.75 Å². The third kappa shape index (κ3) is 3.04. The molecule has 2 heterocycles. The van der Waals surface area contributed by atoms with Crippen LogP contribution in [-0.2, 0) is 6.54 Å². The summed E-state index contributed by atoms with van der Waals surface area (Å²) in [4.78, 5) is 4.24. The summed E-state index contributed by atoms with van der Waals surface area (Å²) in [7, 11) is 1.64. The number of aromatic nitrogens is 2. The number of fused-ring (bicyclic) bond motifs is 1. The molecule has 6 nitrogen and oxygen atoms in total. The van der Waals surface area contributed by atoms with Crippen LogP contribution in [0.2, 0.25) is 5.02 Å². The Hall–Kier alpha value is -2.86. The lowest BCUT2D eigenvalue weighted by atomic mass is 10.0. The third-order valence-corrected chi connectivity index (χ3v) is 4.81. The van der Waals surface area contributed by atoms with Crippen LogP contribution in [0.3, 0.4) is 0 Å². The van der Waals surface area contributed by atoms with Crippen LogP contribution in [-0.4, -0.2) is 23.5 Å². The number of nitrogens with one attached hydrogen (secondary N) is 1. The van der Waals surface area contributed by atoms with Gasteiger partial charge in [0.15, 0.2) is 0 Å². The Morgan fingerprint density at radius 2 is 2.12 bits per heavy atom. The molecule has 0 aliphatic carbocycles. The van der Waals surface area contributed by atoms with E-state index in [1.807, 2.05) is 43.3 Å². The van der Waals surface area contributed by atoms with Crippen molar-refractivity contribution in [2.45, 2.75) is 19.4 Å². The smallest absolute Gasteiger partial charge is 0.320 e. The van der Waals surface area contributed by atoms with Gasteiger partial charge in [0.1, 0.15) is 5.75 Å². The molecule has 1 unspecified atom stereocenters. The largest absolute Gasteiger partial charge is 0.497 e. The van der Waals surface area contributed by atoms with Gasteiger partial charge in [0.05, 0.1) is 30.3 Å². The second-order valence-electron chi connectivity index (χ2n) is 6.04. The van der Waals surface area contributed by atoms with Gasteiger partial charge in [-0.2, -0.15) is 0 Å². The van der Waals surface area contributed by atoms with Gasteiger partial charge < -0.3 is 14.5 Å². The lowest BCUT2D eigenvalue weighted by Gasteiger charge is -2.09. The van der Waals surface area contributed by atoms with E-state index in [4.69, 9.17) is 20.8 Å². The molecule has 0 saturated carbocycles. The summed E-state index contributed by atoms with van der Waals surface area (Å²) in [6.45, 7) is 2.67. The molecule has 1 N–H and O–H groups in total. The van der Waals surface area contributed by atoms with Crippen molar-refractivity contribution in [1.82, 2.24) is 10.2 Å². The van der Waals surface area contributed by atoms with Gasteiger partial charge in [-0.1, -0.05) is 34.9 Å². The molecule has 0 saturated heterocycles. The second-order valence-corrected chi connectivity index (χ2v) is 6.42. The third-order valence-electron chi connectivity index (χ3n) is 4.40. The minimum absolute atomic E-state index is 0.0595. The maximum absolute atomic E-state index is 6.45. The number of hydrogen-bond donors (Lipinski definition) is 1. The Kier molecular flexibility index (Phi) is 4.34. The van der Waals surface area contributed by atoms with E-state index in [0.717, 1.165) is 22.4 Å². The maximum Gasteiger partial charge on any atom is 0.320 e. The van der Waals surface area contributed by atoms with Crippen molar-refractivity contribution in [3.05, 3.63) is 64.0 Å². The molecule has 1 aliphatic heterocycles. The van der Waals surface area contributed by atoms with Crippen molar-refractivity contribution in [3.63, 3.8) is 0 Å².